The highest BCUT2D eigenvalue weighted by Gasteiger charge is 2.32. The van der Waals surface area contributed by atoms with E-state index in [0.717, 1.165) is 17.3 Å². The number of phenolic OH excluding ortho intramolecular Hbond substituents is 3. The number of rotatable bonds is 4. The predicted octanol–water partition coefficient (Wildman–Crippen LogP) is 3.90. The highest BCUT2D eigenvalue weighted by Crippen LogP contribution is 2.37. The topological polar surface area (TPSA) is 93.4 Å². The van der Waals surface area contributed by atoms with E-state index in [1.165, 1.54) is 17.0 Å². The Morgan fingerprint density at radius 1 is 1.11 bits per heavy atom. The molecule has 1 amide bonds. The highest BCUT2D eigenvalue weighted by molar-refractivity contribution is 8.18. The molecule has 138 valence electrons. The number of aryl methyl sites for hydroxylation is 1. The third-order valence-corrected chi connectivity index (χ3v) is 4.85. The molecule has 3 rings (SSSR count). The third kappa shape index (κ3) is 3.98. The summed E-state index contributed by atoms with van der Waals surface area (Å²) in [6.45, 7) is 5.81. The fourth-order valence-electron chi connectivity index (χ4n) is 2.49. The summed E-state index contributed by atoms with van der Waals surface area (Å²) in [5, 5.41) is 29.6. The van der Waals surface area contributed by atoms with Gasteiger partial charge in [-0.1, -0.05) is 18.2 Å². The molecule has 3 N–H and O–H groups in total. The standard InChI is InChI=1S/C20H18N2O4S/c1-3-8-22-19(26)18(11-13-5-7-15(23)17(25)10-13)27-20(22)21-14-6-4-12(2)9-16(14)24/h3-7,9-11,23-25H,1,8H2,2H3/b18-11-,21-20?. The van der Waals surface area contributed by atoms with Crippen LogP contribution < -0.4 is 0 Å². The van der Waals surface area contributed by atoms with E-state index in [9.17, 15) is 20.1 Å². The first kappa shape index (κ1) is 18.6. The highest BCUT2D eigenvalue weighted by atomic mass is 32.2. The van der Waals surface area contributed by atoms with Crippen molar-refractivity contribution in [1.29, 1.82) is 0 Å². The van der Waals surface area contributed by atoms with Crippen molar-refractivity contribution in [3.8, 4) is 17.2 Å². The maximum absolute atomic E-state index is 12.7. The molecule has 0 aromatic heterocycles. The number of hydrogen-bond donors (Lipinski definition) is 3. The Bertz CT molecular complexity index is 982. The normalized spacial score (nSPS) is 17.1. The summed E-state index contributed by atoms with van der Waals surface area (Å²) < 4.78 is 0. The lowest BCUT2D eigenvalue weighted by molar-refractivity contribution is -0.121. The molecule has 0 atom stereocenters. The van der Waals surface area contributed by atoms with Gasteiger partial charge in [0, 0.05) is 6.54 Å². The van der Waals surface area contributed by atoms with Gasteiger partial charge in [0.1, 0.15) is 11.4 Å². The molecule has 0 radical (unpaired) electrons. The van der Waals surface area contributed by atoms with Gasteiger partial charge in [-0.2, -0.15) is 0 Å². The van der Waals surface area contributed by atoms with Crippen LogP contribution in [0.3, 0.4) is 0 Å². The Labute approximate surface area is 160 Å². The Balaban J connectivity index is 1.98. The summed E-state index contributed by atoms with van der Waals surface area (Å²) in [5.74, 6) is -0.707. The van der Waals surface area contributed by atoms with Crippen LogP contribution in [0.1, 0.15) is 11.1 Å². The summed E-state index contributed by atoms with van der Waals surface area (Å²) in [6.07, 6.45) is 3.21. The number of amides is 1. The zero-order valence-electron chi connectivity index (χ0n) is 14.6. The van der Waals surface area contributed by atoms with Crippen molar-refractivity contribution < 1.29 is 20.1 Å². The fourth-order valence-corrected chi connectivity index (χ4v) is 3.49. The summed E-state index contributed by atoms with van der Waals surface area (Å²) in [7, 11) is 0. The van der Waals surface area contributed by atoms with Crippen molar-refractivity contribution in [2.24, 2.45) is 4.99 Å². The second-order valence-electron chi connectivity index (χ2n) is 5.95. The van der Waals surface area contributed by atoms with Gasteiger partial charge in [-0.25, -0.2) is 4.99 Å². The molecule has 1 aliphatic heterocycles. The van der Waals surface area contributed by atoms with Gasteiger partial charge in [0.25, 0.3) is 5.91 Å². The molecule has 27 heavy (non-hydrogen) atoms. The molecule has 1 fully saturated rings. The van der Waals surface area contributed by atoms with E-state index in [4.69, 9.17) is 0 Å². The lowest BCUT2D eigenvalue weighted by atomic mass is 10.2. The van der Waals surface area contributed by atoms with Crippen LogP contribution in [0, 0.1) is 6.92 Å². The summed E-state index contributed by atoms with van der Waals surface area (Å²) >= 11 is 1.16. The van der Waals surface area contributed by atoms with Gasteiger partial charge >= 0.3 is 0 Å². The first-order valence-electron chi connectivity index (χ1n) is 8.11. The molecule has 0 spiro atoms. The van der Waals surface area contributed by atoms with E-state index in [1.54, 1.807) is 30.4 Å². The summed E-state index contributed by atoms with van der Waals surface area (Å²) in [5.41, 5.74) is 1.84. The van der Waals surface area contributed by atoms with E-state index >= 15 is 0 Å². The molecular weight excluding hydrogens is 364 g/mol. The Morgan fingerprint density at radius 2 is 1.89 bits per heavy atom. The van der Waals surface area contributed by atoms with Crippen molar-refractivity contribution in [2.45, 2.75) is 6.92 Å². The van der Waals surface area contributed by atoms with E-state index in [1.807, 2.05) is 13.0 Å². The number of amidine groups is 1. The van der Waals surface area contributed by atoms with Gasteiger partial charge in [0.05, 0.1) is 4.91 Å². The zero-order chi connectivity index (χ0) is 19.6. The molecule has 2 aromatic carbocycles. The largest absolute Gasteiger partial charge is 0.506 e. The van der Waals surface area contributed by atoms with Gasteiger partial charge in [0.15, 0.2) is 16.7 Å². The maximum atomic E-state index is 12.7. The number of nitrogens with zero attached hydrogens (tertiary/aromatic N) is 2. The molecular formula is C20H18N2O4S. The summed E-state index contributed by atoms with van der Waals surface area (Å²) in [4.78, 5) is 19.0. The van der Waals surface area contributed by atoms with E-state index < -0.39 is 0 Å². The SMILES string of the molecule is C=CCN1C(=O)/C(=C/c2ccc(O)c(O)c2)SC1=Nc1ccc(C)cc1O. The minimum Gasteiger partial charge on any atom is -0.506 e. The first-order chi connectivity index (χ1) is 12.9. The average Bonchev–Trinajstić information content (AvgIpc) is 2.90. The van der Waals surface area contributed by atoms with Gasteiger partial charge in [-0.3, -0.25) is 9.69 Å². The van der Waals surface area contributed by atoms with Crippen LogP contribution in [0.25, 0.3) is 6.08 Å². The number of hydrogen-bond acceptors (Lipinski definition) is 6. The van der Waals surface area contributed by atoms with Crippen LogP contribution in [0.5, 0.6) is 17.2 Å². The van der Waals surface area contributed by atoms with Crippen molar-refractivity contribution in [3.63, 3.8) is 0 Å². The molecule has 0 saturated carbocycles. The molecule has 1 saturated heterocycles. The maximum Gasteiger partial charge on any atom is 0.267 e. The Morgan fingerprint density at radius 3 is 2.56 bits per heavy atom. The number of carbonyl (C=O) groups excluding carboxylic acids is 1. The molecule has 7 heteroatoms. The molecule has 6 nitrogen and oxygen atoms in total. The number of aliphatic imine (C=N–C) groups is 1. The number of aromatic hydroxyl groups is 3. The van der Waals surface area contributed by atoms with Crippen molar-refractivity contribution in [2.75, 3.05) is 6.54 Å². The molecule has 1 aliphatic rings. The smallest absolute Gasteiger partial charge is 0.267 e. The van der Waals surface area contributed by atoms with Crippen molar-refractivity contribution in [1.82, 2.24) is 4.90 Å². The number of carbonyl (C=O) groups is 1. The van der Waals surface area contributed by atoms with Gasteiger partial charge in [0.2, 0.25) is 0 Å². The molecule has 1 heterocycles. The Hall–Kier alpha value is -3.19. The minimum atomic E-state index is -0.263. The fraction of sp³-hybridized carbons (Fsp3) is 0.100. The van der Waals surface area contributed by atoms with E-state index in [0.29, 0.717) is 21.3 Å². The first-order valence-corrected chi connectivity index (χ1v) is 8.93. The van der Waals surface area contributed by atoms with Crippen LogP contribution >= 0.6 is 11.8 Å². The number of thioether (sulfide) groups is 1. The van der Waals surface area contributed by atoms with Gasteiger partial charge in [-0.05, 0) is 60.2 Å². The lowest BCUT2D eigenvalue weighted by Gasteiger charge is -2.12. The molecule has 0 bridgehead atoms. The number of benzene rings is 2. The summed E-state index contributed by atoms with van der Waals surface area (Å²) in [6, 6.07) is 9.44. The average molecular weight is 382 g/mol. The Kier molecular flexibility index (Phi) is 5.23. The van der Waals surface area contributed by atoms with Crippen LogP contribution in [0.4, 0.5) is 5.69 Å². The minimum absolute atomic E-state index is 0.0370. The van der Waals surface area contributed by atoms with Crippen LogP contribution in [-0.2, 0) is 4.79 Å². The van der Waals surface area contributed by atoms with E-state index in [2.05, 4.69) is 11.6 Å². The van der Waals surface area contributed by atoms with Crippen LogP contribution in [0.15, 0.2) is 59.0 Å². The van der Waals surface area contributed by atoms with Crippen molar-refractivity contribution >= 4 is 34.6 Å². The molecule has 0 aliphatic carbocycles. The monoisotopic (exact) mass is 382 g/mol. The second kappa shape index (κ2) is 7.59. The quantitative estimate of drug-likeness (QED) is 0.424. The molecule has 0 unspecified atom stereocenters. The number of phenols is 3. The van der Waals surface area contributed by atoms with E-state index in [-0.39, 0.29) is 29.7 Å². The second-order valence-corrected chi connectivity index (χ2v) is 6.96. The third-order valence-electron chi connectivity index (χ3n) is 3.84. The van der Waals surface area contributed by atoms with Crippen LogP contribution in [-0.4, -0.2) is 37.8 Å². The molecule has 2 aromatic rings. The van der Waals surface area contributed by atoms with Gasteiger partial charge in [-0.15, -0.1) is 6.58 Å². The zero-order valence-corrected chi connectivity index (χ0v) is 15.4. The van der Waals surface area contributed by atoms with Crippen LogP contribution in [0.2, 0.25) is 0 Å². The van der Waals surface area contributed by atoms with Gasteiger partial charge < -0.3 is 15.3 Å². The lowest BCUT2D eigenvalue weighted by Crippen LogP contribution is -2.29. The predicted molar refractivity (Wildman–Crippen MR) is 107 cm³/mol. The van der Waals surface area contributed by atoms with Crippen molar-refractivity contribution in [3.05, 3.63) is 65.1 Å².